The molecule has 0 saturated heterocycles. The van der Waals surface area contributed by atoms with Gasteiger partial charge >= 0.3 is 0 Å². The van der Waals surface area contributed by atoms with Gasteiger partial charge in [-0.1, -0.05) is 11.3 Å². The van der Waals surface area contributed by atoms with Crippen molar-refractivity contribution in [3.8, 4) is 0 Å². The molecule has 0 unspecified atom stereocenters. The number of carbonyl (C=O) groups is 2. The minimum Gasteiger partial charge on any atom is -0.377 e. The zero-order valence-corrected chi connectivity index (χ0v) is 8.34. The van der Waals surface area contributed by atoms with Crippen LogP contribution >= 0.6 is 11.3 Å². The molecule has 0 fully saturated rings. The van der Waals surface area contributed by atoms with Gasteiger partial charge in [0.05, 0.1) is 6.42 Å². The average Bonchev–Trinajstić information content (AvgIpc) is 2.56. The molecule has 1 aromatic heterocycles. The molecule has 0 aliphatic carbocycles. The van der Waals surface area contributed by atoms with Crippen LogP contribution in [-0.2, 0) is 14.3 Å². The number of nitrogens with one attached hydrogen (secondary N) is 1. The van der Waals surface area contributed by atoms with Crippen molar-refractivity contribution in [1.29, 1.82) is 0 Å². The van der Waals surface area contributed by atoms with Crippen molar-refractivity contribution in [1.82, 2.24) is 10.2 Å². The predicted molar refractivity (Wildman–Crippen MR) is 50.0 cm³/mol. The quantitative estimate of drug-likeness (QED) is 0.703. The second-order valence-corrected chi connectivity index (χ2v) is 3.27. The molecule has 0 saturated carbocycles. The van der Waals surface area contributed by atoms with Crippen molar-refractivity contribution < 1.29 is 14.3 Å². The number of ether oxygens (including phenoxy) is 1. The first-order valence-corrected chi connectivity index (χ1v) is 4.67. The number of rotatable bonds is 5. The standard InChI is InChI=1S/C7H9N3O3S/c1-13-3-5(11)2-6(12)9-7-10-8-4-14-7/h4H,2-3H2,1H3,(H,9,10,12). The van der Waals surface area contributed by atoms with Gasteiger partial charge in [-0.2, -0.15) is 0 Å². The van der Waals surface area contributed by atoms with Crippen LogP contribution in [0.1, 0.15) is 6.42 Å². The highest BCUT2D eigenvalue weighted by molar-refractivity contribution is 7.13. The van der Waals surface area contributed by atoms with E-state index < -0.39 is 5.91 Å². The molecule has 1 heterocycles. The molecule has 0 radical (unpaired) electrons. The maximum absolute atomic E-state index is 11.1. The SMILES string of the molecule is COCC(=O)CC(=O)Nc1nncs1. The van der Waals surface area contributed by atoms with Crippen molar-refractivity contribution >= 4 is 28.2 Å². The van der Waals surface area contributed by atoms with Crippen LogP contribution in [0.3, 0.4) is 0 Å². The Morgan fingerprint density at radius 2 is 2.43 bits per heavy atom. The second kappa shape index (κ2) is 5.40. The fourth-order valence-corrected chi connectivity index (χ4v) is 1.24. The third-order valence-corrected chi connectivity index (χ3v) is 1.88. The number of Topliss-reactive ketones (excluding diaryl/α,β-unsaturated/α-hetero) is 1. The van der Waals surface area contributed by atoms with E-state index in [9.17, 15) is 9.59 Å². The number of carbonyl (C=O) groups excluding carboxylic acids is 2. The largest absolute Gasteiger partial charge is 0.377 e. The number of hydrogen-bond donors (Lipinski definition) is 1. The number of ketones is 1. The van der Waals surface area contributed by atoms with Gasteiger partial charge < -0.3 is 10.1 Å². The monoisotopic (exact) mass is 215 g/mol. The van der Waals surface area contributed by atoms with E-state index in [-0.39, 0.29) is 18.8 Å². The van der Waals surface area contributed by atoms with Crippen molar-refractivity contribution in [2.24, 2.45) is 0 Å². The summed E-state index contributed by atoms with van der Waals surface area (Å²) in [7, 11) is 1.40. The summed E-state index contributed by atoms with van der Waals surface area (Å²) in [5.74, 6) is -0.668. The van der Waals surface area contributed by atoms with Crippen LogP contribution in [0.25, 0.3) is 0 Å². The second-order valence-electron chi connectivity index (χ2n) is 2.44. The van der Waals surface area contributed by atoms with Crippen molar-refractivity contribution in [3.63, 3.8) is 0 Å². The molecular formula is C7H9N3O3S. The van der Waals surface area contributed by atoms with Crippen LogP contribution in [0.5, 0.6) is 0 Å². The average molecular weight is 215 g/mol. The number of nitrogens with zero attached hydrogens (tertiary/aromatic N) is 2. The summed E-state index contributed by atoms with van der Waals surface area (Å²) in [4.78, 5) is 22.1. The van der Waals surface area contributed by atoms with E-state index in [0.29, 0.717) is 5.13 Å². The van der Waals surface area contributed by atoms with E-state index in [1.54, 1.807) is 0 Å². The highest BCUT2D eigenvalue weighted by atomic mass is 32.1. The number of aromatic nitrogens is 2. The third kappa shape index (κ3) is 3.58. The zero-order valence-electron chi connectivity index (χ0n) is 7.52. The predicted octanol–water partition coefficient (Wildman–Crippen LogP) is 0.0822. The molecule has 0 aliphatic rings. The maximum Gasteiger partial charge on any atom is 0.233 e. The van der Waals surface area contributed by atoms with Crippen molar-refractivity contribution in [2.75, 3.05) is 19.0 Å². The van der Waals surface area contributed by atoms with Gasteiger partial charge in [0.15, 0.2) is 5.78 Å². The molecule has 0 aromatic carbocycles. The highest BCUT2D eigenvalue weighted by Gasteiger charge is 2.10. The van der Waals surface area contributed by atoms with Gasteiger partial charge in [-0.25, -0.2) is 0 Å². The van der Waals surface area contributed by atoms with E-state index in [0.717, 1.165) is 0 Å². The molecular weight excluding hydrogens is 206 g/mol. The molecule has 0 atom stereocenters. The fraction of sp³-hybridized carbons (Fsp3) is 0.429. The van der Waals surface area contributed by atoms with E-state index in [4.69, 9.17) is 0 Å². The first-order chi connectivity index (χ1) is 6.72. The minimum atomic E-state index is -0.399. The van der Waals surface area contributed by atoms with Crippen LogP contribution in [0.2, 0.25) is 0 Å². The van der Waals surface area contributed by atoms with Gasteiger partial charge in [0, 0.05) is 7.11 Å². The Kier molecular flexibility index (Phi) is 4.14. The third-order valence-electron chi connectivity index (χ3n) is 1.27. The van der Waals surface area contributed by atoms with Crippen LogP contribution in [0.4, 0.5) is 5.13 Å². The van der Waals surface area contributed by atoms with E-state index >= 15 is 0 Å². The zero-order chi connectivity index (χ0) is 10.4. The lowest BCUT2D eigenvalue weighted by molar-refractivity contribution is -0.127. The summed E-state index contributed by atoms with van der Waals surface area (Å²) in [6.45, 7) is -0.0520. The smallest absolute Gasteiger partial charge is 0.233 e. The number of methoxy groups -OCH3 is 1. The van der Waals surface area contributed by atoms with Gasteiger partial charge in [-0.05, 0) is 0 Å². The lowest BCUT2D eigenvalue weighted by Gasteiger charge is -1.99. The van der Waals surface area contributed by atoms with Gasteiger partial charge in [0.2, 0.25) is 11.0 Å². The molecule has 1 amide bonds. The summed E-state index contributed by atoms with van der Waals surface area (Å²) >= 11 is 1.19. The molecule has 1 aromatic rings. The van der Waals surface area contributed by atoms with Gasteiger partial charge in [0.1, 0.15) is 12.1 Å². The van der Waals surface area contributed by atoms with Crippen molar-refractivity contribution in [3.05, 3.63) is 5.51 Å². The Morgan fingerprint density at radius 1 is 1.64 bits per heavy atom. The maximum atomic E-state index is 11.1. The minimum absolute atomic E-state index is 0.0520. The van der Waals surface area contributed by atoms with E-state index in [1.165, 1.54) is 24.0 Å². The van der Waals surface area contributed by atoms with Gasteiger partial charge in [-0.3, -0.25) is 9.59 Å². The van der Waals surface area contributed by atoms with Crippen LogP contribution in [0, 0.1) is 0 Å². The van der Waals surface area contributed by atoms with Crippen LogP contribution < -0.4 is 5.32 Å². The lowest BCUT2D eigenvalue weighted by atomic mass is 10.3. The first kappa shape index (κ1) is 10.7. The first-order valence-electron chi connectivity index (χ1n) is 3.79. The Hall–Kier alpha value is -1.34. The fourth-order valence-electron chi connectivity index (χ4n) is 0.782. The number of amides is 1. The molecule has 1 rings (SSSR count). The summed E-state index contributed by atoms with van der Waals surface area (Å²) in [5.41, 5.74) is 1.49. The normalized spacial score (nSPS) is 9.79. The molecule has 1 N–H and O–H groups in total. The summed E-state index contributed by atoms with van der Waals surface area (Å²) in [5, 5.41) is 9.97. The Bertz CT molecular complexity index is 312. The number of hydrogen-bond acceptors (Lipinski definition) is 6. The lowest BCUT2D eigenvalue weighted by Crippen LogP contribution is -2.18. The summed E-state index contributed by atoms with van der Waals surface area (Å²) in [6.07, 6.45) is -0.201. The van der Waals surface area contributed by atoms with Gasteiger partial charge in [-0.15, -0.1) is 10.2 Å². The molecule has 76 valence electrons. The molecule has 0 aliphatic heterocycles. The molecule has 0 spiro atoms. The molecule has 0 bridgehead atoms. The molecule has 14 heavy (non-hydrogen) atoms. The van der Waals surface area contributed by atoms with Crippen LogP contribution in [-0.4, -0.2) is 35.6 Å². The molecule has 6 nitrogen and oxygen atoms in total. The summed E-state index contributed by atoms with van der Waals surface area (Å²) in [6, 6.07) is 0. The Labute approximate surface area is 84.3 Å². The van der Waals surface area contributed by atoms with E-state index in [1.807, 2.05) is 0 Å². The van der Waals surface area contributed by atoms with Gasteiger partial charge in [0.25, 0.3) is 0 Å². The Balaban J connectivity index is 2.33. The van der Waals surface area contributed by atoms with E-state index in [2.05, 4.69) is 20.3 Å². The molecule has 7 heteroatoms. The number of anilines is 1. The Morgan fingerprint density at radius 3 is 3.00 bits per heavy atom. The highest BCUT2D eigenvalue weighted by Crippen LogP contribution is 2.07. The van der Waals surface area contributed by atoms with Crippen LogP contribution in [0.15, 0.2) is 5.51 Å². The topological polar surface area (TPSA) is 81.2 Å². The van der Waals surface area contributed by atoms with Crippen molar-refractivity contribution in [2.45, 2.75) is 6.42 Å². The summed E-state index contributed by atoms with van der Waals surface area (Å²) < 4.78 is 4.58.